The molecule has 9 heteroatoms. The fourth-order valence-corrected chi connectivity index (χ4v) is 5.31. The van der Waals surface area contributed by atoms with Crippen molar-refractivity contribution in [3.8, 4) is 5.75 Å². The van der Waals surface area contributed by atoms with Crippen molar-refractivity contribution in [3.63, 3.8) is 0 Å². The van der Waals surface area contributed by atoms with Crippen LogP contribution in [0.2, 0.25) is 5.02 Å². The fourth-order valence-electron chi connectivity index (χ4n) is 5.14. The Balaban J connectivity index is 1.35. The molecule has 1 aromatic carbocycles. The molecule has 1 saturated heterocycles. The summed E-state index contributed by atoms with van der Waals surface area (Å²) in [4.78, 5) is 51.3. The molecule has 0 radical (unpaired) electrons. The predicted octanol–water partition coefficient (Wildman–Crippen LogP) is 2.25. The molecule has 3 aliphatic rings. The van der Waals surface area contributed by atoms with Crippen molar-refractivity contribution in [2.24, 2.45) is 23.7 Å². The number of ether oxygens (including phenoxy) is 2. The van der Waals surface area contributed by atoms with Gasteiger partial charge in [0.1, 0.15) is 11.8 Å². The van der Waals surface area contributed by atoms with Crippen LogP contribution in [0.15, 0.2) is 18.2 Å². The van der Waals surface area contributed by atoms with E-state index in [1.165, 1.54) is 20.1 Å². The standard InChI is InChI=1S/C21H23ClN2O6/c1-10(24-19(26)17-11-3-4-12(7-11)18(17)20(24)27)21(28)30-9-16(25)23-14-8-13(22)5-6-15(14)29-2/h5-6,8,10-12,17-18H,3-4,7,9H2,1-2H3,(H,23,25). The molecule has 5 unspecified atom stereocenters. The van der Waals surface area contributed by atoms with E-state index < -0.39 is 24.5 Å². The van der Waals surface area contributed by atoms with Crippen LogP contribution in [0.5, 0.6) is 5.75 Å². The molecule has 160 valence electrons. The first-order valence-electron chi connectivity index (χ1n) is 9.98. The van der Waals surface area contributed by atoms with E-state index in [0.29, 0.717) is 16.5 Å². The van der Waals surface area contributed by atoms with E-state index in [-0.39, 0.29) is 35.5 Å². The van der Waals surface area contributed by atoms with Gasteiger partial charge in [-0.05, 0) is 56.2 Å². The number of carbonyl (C=O) groups is 4. The van der Waals surface area contributed by atoms with Gasteiger partial charge in [-0.3, -0.25) is 19.3 Å². The summed E-state index contributed by atoms with van der Waals surface area (Å²) in [6.07, 6.45) is 2.85. The molecular weight excluding hydrogens is 412 g/mol. The number of nitrogens with zero attached hydrogens (tertiary/aromatic N) is 1. The molecule has 2 saturated carbocycles. The molecular formula is C21H23ClN2O6. The number of benzene rings is 1. The van der Waals surface area contributed by atoms with Gasteiger partial charge in [0, 0.05) is 5.02 Å². The number of hydrogen-bond acceptors (Lipinski definition) is 6. The maximum Gasteiger partial charge on any atom is 0.329 e. The summed E-state index contributed by atoms with van der Waals surface area (Å²) in [5.74, 6) is -1.67. The highest BCUT2D eigenvalue weighted by Crippen LogP contribution is 2.56. The minimum Gasteiger partial charge on any atom is -0.495 e. The molecule has 1 N–H and O–H groups in total. The van der Waals surface area contributed by atoms with Gasteiger partial charge in [0.25, 0.3) is 5.91 Å². The number of halogens is 1. The number of esters is 1. The van der Waals surface area contributed by atoms with E-state index in [2.05, 4.69) is 5.32 Å². The number of imide groups is 1. The number of amides is 3. The minimum absolute atomic E-state index is 0.239. The van der Waals surface area contributed by atoms with E-state index >= 15 is 0 Å². The third-order valence-corrected chi connectivity index (χ3v) is 6.71. The summed E-state index contributed by atoms with van der Waals surface area (Å²) in [7, 11) is 1.45. The lowest BCUT2D eigenvalue weighted by Crippen LogP contribution is -2.45. The number of methoxy groups -OCH3 is 1. The van der Waals surface area contributed by atoms with E-state index in [1.54, 1.807) is 12.1 Å². The summed E-state index contributed by atoms with van der Waals surface area (Å²) in [5.41, 5.74) is 0.340. The van der Waals surface area contributed by atoms with Gasteiger partial charge in [-0.25, -0.2) is 4.79 Å². The van der Waals surface area contributed by atoms with Crippen molar-refractivity contribution >= 4 is 41.0 Å². The maximum atomic E-state index is 12.8. The Hall–Kier alpha value is -2.61. The Kier molecular flexibility index (Phi) is 5.44. The maximum absolute atomic E-state index is 12.8. The second-order valence-corrected chi connectivity index (χ2v) is 8.54. The molecule has 1 heterocycles. The van der Waals surface area contributed by atoms with Gasteiger partial charge < -0.3 is 14.8 Å². The molecule has 1 aromatic rings. The summed E-state index contributed by atoms with van der Waals surface area (Å²) >= 11 is 5.93. The second-order valence-electron chi connectivity index (χ2n) is 8.11. The van der Waals surface area contributed by atoms with Crippen LogP contribution < -0.4 is 10.1 Å². The molecule has 2 aliphatic carbocycles. The van der Waals surface area contributed by atoms with Crippen molar-refractivity contribution in [2.45, 2.75) is 32.2 Å². The molecule has 2 bridgehead atoms. The number of likely N-dealkylation sites (tertiary alicyclic amines) is 1. The smallest absolute Gasteiger partial charge is 0.329 e. The SMILES string of the molecule is COc1ccc(Cl)cc1NC(=O)COC(=O)C(C)N1C(=O)C2C3CCC(C3)C2C1=O. The summed E-state index contributed by atoms with van der Waals surface area (Å²) in [6, 6.07) is 3.66. The van der Waals surface area contributed by atoms with E-state index in [1.807, 2.05) is 0 Å². The number of nitrogens with one attached hydrogen (secondary N) is 1. The average Bonchev–Trinajstić information content (AvgIpc) is 3.39. The van der Waals surface area contributed by atoms with Crippen LogP contribution >= 0.6 is 11.6 Å². The van der Waals surface area contributed by atoms with E-state index in [0.717, 1.165) is 24.2 Å². The highest BCUT2D eigenvalue weighted by molar-refractivity contribution is 6.31. The monoisotopic (exact) mass is 434 g/mol. The summed E-state index contributed by atoms with van der Waals surface area (Å²) in [6.45, 7) is 0.895. The number of fused-ring (bicyclic) bond motifs is 5. The van der Waals surface area contributed by atoms with Gasteiger partial charge in [-0.15, -0.1) is 0 Å². The van der Waals surface area contributed by atoms with E-state index in [4.69, 9.17) is 21.1 Å². The Labute approximate surface area is 178 Å². The zero-order valence-electron chi connectivity index (χ0n) is 16.7. The van der Waals surface area contributed by atoms with Crippen LogP contribution in [0.25, 0.3) is 0 Å². The van der Waals surface area contributed by atoms with Crippen molar-refractivity contribution in [1.82, 2.24) is 4.90 Å². The Morgan fingerprint density at radius 3 is 2.43 bits per heavy atom. The van der Waals surface area contributed by atoms with Gasteiger partial charge in [0.05, 0.1) is 24.6 Å². The molecule has 0 spiro atoms. The Morgan fingerprint density at radius 1 is 1.20 bits per heavy atom. The third kappa shape index (κ3) is 3.43. The Morgan fingerprint density at radius 2 is 1.83 bits per heavy atom. The fraction of sp³-hybridized carbons (Fsp3) is 0.524. The lowest BCUT2D eigenvalue weighted by atomic mass is 9.81. The van der Waals surface area contributed by atoms with Crippen LogP contribution in [-0.2, 0) is 23.9 Å². The molecule has 3 fully saturated rings. The highest BCUT2D eigenvalue weighted by Gasteiger charge is 2.62. The molecule has 3 amide bonds. The largest absolute Gasteiger partial charge is 0.495 e. The number of carbonyl (C=O) groups excluding carboxylic acids is 4. The first-order valence-corrected chi connectivity index (χ1v) is 10.4. The van der Waals surface area contributed by atoms with Crippen molar-refractivity contribution < 1.29 is 28.7 Å². The Bertz CT molecular complexity index is 891. The average molecular weight is 435 g/mol. The van der Waals surface area contributed by atoms with Gasteiger partial charge in [-0.1, -0.05) is 11.6 Å². The highest BCUT2D eigenvalue weighted by atomic mass is 35.5. The summed E-state index contributed by atoms with van der Waals surface area (Å²) < 4.78 is 10.2. The number of hydrogen-bond donors (Lipinski definition) is 1. The lowest BCUT2D eigenvalue weighted by Gasteiger charge is -2.23. The van der Waals surface area contributed by atoms with Crippen LogP contribution in [0.3, 0.4) is 0 Å². The normalized spacial score (nSPS) is 27.8. The zero-order valence-corrected chi connectivity index (χ0v) is 17.5. The van der Waals surface area contributed by atoms with Crippen LogP contribution in [0, 0.1) is 23.7 Å². The number of anilines is 1. The van der Waals surface area contributed by atoms with Crippen molar-refractivity contribution in [2.75, 3.05) is 19.0 Å². The molecule has 0 aromatic heterocycles. The van der Waals surface area contributed by atoms with Crippen molar-refractivity contribution in [3.05, 3.63) is 23.2 Å². The zero-order chi connectivity index (χ0) is 21.6. The summed E-state index contributed by atoms with van der Waals surface area (Å²) in [5, 5.41) is 2.97. The first kappa shape index (κ1) is 20.7. The van der Waals surface area contributed by atoms with Crippen LogP contribution in [0.4, 0.5) is 5.69 Å². The quantitative estimate of drug-likeness (QED) is 0.544. The molecule has 1 aliphatic heterocycles. The molecule has 5 atom stereocenters. The second kappa shape index (κ2) is 7.91. The van der Waals surface area contributed by atoms with Gasteiger partial charge >= 0.3 is 5.97 Å². The minimum atomic E-state index is -1.07. The van der Waals surface area contributed by atoms with Gasteiger partial charge in [0.15, 0.2) is 6.61 Å². The van der Waals surface area contributed by atoms with E-state index in [9.17, 15) is 19.2 Å². The molecule has 30 heavy (non-hydrogen) atoms. The number of rotatable bonds is 6. The lowest BCUT2D eigenvalue weighted by molar-refractivity contribution is -0.159. The van der Waals surface area contributed by atoms with Gasteiger partial charge in [-0.2, -0.15) is 0 Å². The van der Waals surface area contributed by atoms with Gasteiger partial charge in [0.2, 0.25) is 11.8 Å². The van der Waals surface area contributed by atoms with Crippen molar-refractivity contribution in [1.29, 1.82) is 0 Å². The topological polar surface area (TPSA) is 102 Å². The third-order valence-electron chi connectivity index (χ3n) is 6.47. The first-order chi connectivity index (χ1) is 14.3. The van der Waals surface area contributed by atoms with Crippen LogP contribution in [-0.4, -0.2) is 48.3 Å². The van der Waals surface area contributed by atoms with Crippen LogP contribution in [0.1, 0.15) is 26.2 Å². The predicted molar refractivity (Wildman–Crippen MR) is 107 cm³/mol. The molecule has 8 nitrogen and oxygen atoms in total. The molecule has 4 rings (SSSR count).